The summed E-state index contributed by atoms with van der Waals surface area (Å²) in [6.45, 7) is 8.14. The molecule has 25 nitrogen and oxygen atoms in total. The van der Waals surface area contributed by atoms with E-state index in [1.54, 1.807) is 79.7 Å². The first-order chi connectivity index (χ1) is 41.5. The number of carbonyl (C=O) groups excluding carboxylic acids is 8. The second kappa shape index (κ2) is 37.4. The van der Waals surface area contributed by atoms with E-state index in [2.05, 4.69) is 42.5 Å². The standard InChI is InChI=1S/C62H94N14O11/c1-5-39(4)52(59(84)74-50(61(86)87)34-38(2)3)75-57(82)49(37-42-26-28-43(77)29-27-42)73-58(83)51-25-17-33-76(51)60(85)46(24-13-15-31-64)70-54(79)45(23-12-14-30-63)69-55(80)48(36-41-20-10-7-11-21-41)72-56(81)47(35-40-18-8-6-9-19-40)71-53(78)44(65)22-16-32-68-62(66)67/h6-11,18-21,26-29,38-39,44-52,77H,5,12-17,22-25,30-37,63-65H2,1-4H3,(H,69,80)(H,70,79)(H,71,78)(H,72,81)(H,73,83)(H,74,84)(H,75,82)(H,86,87)(H4,66,67,68)/t39?,44?,45?,46?,47?,48?,49?,50-,51?,52?/m1/s1. The van der Waals surface area contributed by atoms with Crippen LogP contribution < -0.4 is 65.5 Å². The minimum absolute atomic E-state index is 0.0281. The van der Waals surface area contributed by atoms with Crippen LogP contribution >= 0.6 is 0 Å². The molecule has 478 valence electrons. The van der Waals surface area contributed by atoms with E-state index in [0.29, 0.717) is 68.2 Å². The van der Waals surface area contributed by atoms with Gasteiger partial charge in [-0.15, -0.1) is 0 Å². The van der Waals surface area contributed by atoms with Gasteiger partial charge in [-0.3, -0.25) is 43.8 Å². The fourth-order valence-electron chi connectivity index (χ4n) is 10.2. The van der Waals surface area contributed by atoms with Gasteiger partial charge in [0.25, 0.3) is 0 Å². The number of nitrogens with two attached hydrogens (primary N) is 4. The molecule has 9 unspecified atom stereocenters. The molecule has 1 fully saturated rings. The summed E-state index contributed by atoms with van der Waals surface area (Å²) in [6.07, 6.45) is 3.54. The van der Waals surface area contributed by atoms with Crippen molar-refractivity contribution in [3.63, 3.8) is 0 Å². The zero-order valence-electron chi connectivity index (χ0n) is 50.7. The van der Waals surface area contributed by atoms with Crippen molar-refractivity contribution in [3.8, 4) is 5.75 Å². The largest absolute Gasteiger partial charge is 0.508 e. The number of carbonyl (C=O) groups is 9. The maximum absolute atomic E-state index is 14.9. The predicted molar refractivity (Wildman–Crippen MR) is 330 cm³/mol. The fourth-order valence-corrected chi connectivity index (χ4v) is 10.2. The lowest BCUT2D eigenvalue weighted by Crippen LogP contribution is -2.61. The van der Waals surface area contributed by atoms with Crippen molar-refractivity contribution in [2.45, 2.75) is 178 Å². The Morgan fingerprint density at radius 3 is 1.57 bits per heavy atom. The lowest BCUT2D eigenvalue weighted by Gasteiger charge is -2.31. The summed E-state index contributed by atoms with van der Waals surface area (Å²) in [5, 5.41) is 49.5. The van der Waals surface area contributed by atoms with Gasteiger partial charge in [-0.2, -0.15) is 0 Å². The number of rotatable bonds is 38. The van der Waals surface area contributed by atoms with E-state index < -0.39 is 114 Å². The number of likely N-dealkylation sites (tertiary alicyclic amines) is 1. The van der Waals surface area contributed by atoms with Crippen LogP contribution in [0.1, 0.15) is 121 Å². The lowest BCUT2D eigenvalue weighted by atomic mass is 9.96. The number of benzene rings is 3. The molecule has 3 aromatic rings. The number of nitrogens with zero attached hydrogens (tertiary/aromatic N) is 1. The van der Waals surface area contributed by atoms with Crippen molar-refractivity contribution in [1.82, 2.24) is 47.4 Å². The van der Waals surface area contributed by atoms with E-state index in [9.17, 15) is 53.4 Å². The number of unbranched alkanes of at least 4 members (excludes halogenated alkanes) is 2. The monoisotopic (exact) mass is 1210 g/mol. The first-order valence-electron chi connectivity index (χ1n) is 30.3. The Labute approximate surface area is 510 Å². The number of carboxylic acid groups (broad SMARTS) is 1. The molecule has 0 aromatic heterocycles. The van der Waals surface area contributed by atoms with Crippen LogP contribution in [0, 0.1) is 17.2 Å². The highest BCUT2D eigenvalue weighted by atomic mass is 16.4. The van der Waals surface area contributed by atoms with E-state index >= 15 is 0 Å². The molecule has 0 radical (unpaired) electrons. The van der Waals surface area contributed by atoms with Crippen LogP contribution in [0.3, 0.4) is 0 Å². The van der Waals surface area contributed by atoms with Crippen LogP contribution in [0.25, 0.3) is 0 Å². The minimum atomic E-state index is -1.33. The molecular weight excluding hydrogens is 1120 g/mol. The molecular formula is C62H94N14O11. The van der Waals surface area contributed by atoms with Gasteiger partial charge in [0.05, 0.1) is 6.04 Å². The van der Waals surface area contributed by atoms with E-state index in [-0.39, 0.29) is 88.6 Å². The van der Waals surface area contributed by atoms with Crippen LogP contribution in [0.5, 0.6) is 5.75 Å². The van der Waals surface area contributed by atoms with Gasteiger partial charge in [0.2, 0.25) is 47.3 Å². The number of phenols is 1. The second-order valence-corrected chi connectivity index (χ2v) is 22.8. The molecule has 1 aliphatic heterocycles. The van der Waals surface area contributed by atoms with Gasteiger partial charge in [-0.25, -0.2) is 4.79 Å². The molecule has 0 bridgehead atoms. The Morgan fingerprint density at radius 2 is 1.06 bits per heavy atom. The number of phenolic OH excluding ortho intramolecular Hbond substituents is 1. The molecule has 0 spiro atoms. The Hall–Kier alpha value is -8.16. The maximum Gasteiger partial charge on any atom is 0.326 e. The Morgan fingerprint density at radius 1 is 0.586 bits per heavy atom. The normalized spacial score (nSPS) is 16.0. The molecule has 1 saturated heterocycles. The SMILES string of the molecule is CCC(C)C(NC(=O)C(Cc1ccc(O)cc1)NC(=O)C1CCCN1C(=O)C(CCCCN)NC(=O)C(CCCCN)NC(=O)C(Cc1ccccc1)NC(=O)C(Cc1ccccc1)NC(=O)C(N)CCCNC(=N)N)C(=O)N[C@H](CC(C)C)C(=O)O. The summed E-state index contributed by atoms with van der Waals surface area (Å²) in [5.41, 5.74) is 25.3. The molecule has 4 rings (SSSR count). The van der Waals surface area contributed by atoms with Crippen molar-refractivity contribution in [2.24, 2.45) is 34.8 Å². The van der Waals surface area contributed by atoms with Crippen LogP contribution in [-0.4, -0.2) is 155 Å². The summed E-state index contributed by atoms with van der Waals surface area (Å²) in [5.74, 6) is -7.57. The number of nitrogens with one attached hydrogen (secondary N) is 9. The van der Waals surface area contributed by atoms with E-state index in [4.69, 9.17) is 28.3 Å². The number of aliphatic carboxylic acids is 1. The Bertz CT molecular complexity index is 2700. The van der Waals surface area contributed by atoms with Crippen LogP contribution in [0.4, 0.5) is 0 Å². The highest BCUT2D eigenvalue weighted by Gasteiger charge is 2.41. The highest BCUT2D eigenvalue weighted by molar-refractivity contribution is 5.98. The predicted octanol–water partition coefficient (Wildman–Crippen LogP) is 0.830. The maximum atomic E-state index is 14.9. The quantitative estimate of drug-likeness (QED) is 0.0215. The van der Waals surface area contributed by atoms with Crippen molar-refractivity contribution in [3.05, 3.63) is 102 Å². The zero-order chi connectivity index (χ0) is 64.0. The number of amides is 8. The molecule has 8 amide bonds. The molecule has 1 aliphatic rings. The Kier molecular flexibility index (Phi) is 30.7. The van der Waals surface area contributed by atoms with Gasteiger partial charge in [0, 0.05) is 32.4 Å². The van der Waals surface area contributed by atoms with Gasteiger partial charge in [-0.1, -0.05) is 107 Å². The summed E-state index contributed by atoms with van der Waals surface area (Å²) in [7, 11) is 0. The smallest absolute Gasteiger partial charge is 0.326 e. The average molecular weight is 1210 g/mol. The van der Waals surface area contributed by atoms with Gasteiger partial charge >= 0.3 is 5.97 Å². The molecule has 1 heterocycles. The molecule has 3 aromatic carbocycles. The van der Waals surface area contributed by atoms with Crippen molar-refractivity contribution < 1.29 is 53.4 Å². The van der Waals surface area contributed by atoms with Gasteiger partial charge in [-0.05, 0) is 124 Å². The zero-order valence-corrected chi connectivity index (χ0v) is 50.7. The molecule has 10 atom stereocenters. The summed E-state index contributed by atoms with van der Waals surface area (Å²) < 4.78 is 0. The first kappa shape index (κ1) is 71.3. The highest BCUT2D eigenvalue weighted by Crippen LogP contribution is 2.22. The average Bonchev–Trinajstić information content (AvgIpc) is 4.20. The van der Waals surface area contributed by atoms with Gasteiger partial charge < -0.3 is 80.6 Å². The fraction of sp³-hybridized carbons (Fsp3) is 0.548. The van der Waals surface area contributed by atoms with E-state index in [1.165, 1.54) is 17.0 Å². The van der Waals surface area contributed by atoms with Crippen LogP contribution in [0.15, 0.2) is 84.9 Å². The molecule has 87 heavy (non-hydrogen) atoms. The van der Waals surface area contributed by atoms with Crippen molar-refractivity contribution >= 4 is 59.2 Å². The summed E-state index contributed by atoms with van der Waals surface area (Å²) in [4.78, 5) is 129. The first-order valence-corrected chi connectivity index (χ1v) is 30.3. The summed E-state index contributed by atoms with van der Waals surface area (Å²) in [6, 6.07) is 12.9. The van der Waals surface area contributed by atoms with Gasteiger partial charge in [0.15, 0.2) is 5.96 Å². The third-order valence-corrected chi connectivity index (χ3v) is 15.3. The topological polar surface area (TPSA) is 421 Å². The summed E-state index contributed by atoms with van der Waals surface area (Å²) >= 11 is 0. The van der Waals surface area contributed by atoms with E-state index in [0.717, 1.165) is 0 Å². The number of carboxylic acids is 1. The molecule has 25 heteroatoms. The Balaban J connectivity index is 1.62. The minimum Gasteiger partial charge on any atom is -0.508 e. The second-order valence-electron chi connectivity index (χ2n) is 22.8. The molecule has 19 N–H and O–H groups in total. The third-order valence-electron chi connectivity index (χ3n) is 15.3. The van der Waals surface area contributed by atoms with Gasteiger partial charge in [0.1, 0.15) is 54.1 Å². The van der Waals surface area contributed by atoms with Crippen LogP contribution in [0.2, 0.25) is 0 Å². The van der Waals surface area contributed by atoms with Crippen molar-refractivity contribution in [2.75, 3.05) is 26.2 Å². The van der Waals surface area contributed by atoms with Crippen LogP contribution in [-0.2, 0) is 62.4 Å². The number of hydrogen-bond donors (Lipinski definition) is 15. The van der Waals surface area contributed by atoms with E-state index in [1.807, 2.05) is 20.8 Å². The lowest BCUT2D eigenvalue weighted by molar-refractivity contribution is -0.143. The molecule has 0 aliphatic carbocycles. The number of hydrogen-bond acceptors (Lipinski definition) is 14. The number of guanidine groups is 1. The van der Waals surface area contributed by atoms with Crippen molar-refractivity contribution in [1.29, 1.82) is 5.41 Å². The number of aromatic hydroxyl groups is 1. The third kappa shape index (κ3) is 24.6. The molecule has 0 saturated carbocycles.